The molecule has 1 aromatic rings. The van der Waals surface area contributed by atoms with Crippen molar-refractivity contribution in [1.29, 1.82) is 5.26 Å². The van der Waals surface area contributed by atoms with Gasteiger partial charge in [-0.05, 0) is 41.8 Å². The van der Waals surface area contributed by atoms with Gasteiger partial charge in [-0.2, -0.15) is 5.26 Å². The Kier molecular flexibility index (Phi) is 5.72. The third-order valence-corrected chi connectivity index (χ3v) is 4.31. The van der Waals surface area contributed by atoms with Crippen LogP contribution < -0.4 is 5.32 Å². The molecule has 0 aromatic carbocycles. The summed E-state index contributed by atoms with van der Waals surface area (Å²) in [6, 6.07) is 3.77. The number of nitrogens with zero attached hydrogens (tertiary/aromatic N) is 2. The monoisotopic (exact) mass is 379 g/mol. The quantitative estimate of drug-likeness (QED) is 0.811. The van der Waals surface area contributed by atoms with Crippen molar-refractivity contribution >= 4 is 27.8 Å². The first-order chi connectivity index (χ1) is 11.0. The molecule has 2 rings (SSSR count). The first kappa shape index (κ1) is 17.4. The van der Waals surface area contributed by atoms with Crippen molar-refractivity contribution in [2.24, 2.45) is 0 Å². The molecule has 0 bridgehead atoms. The van der Waals surface area contributed by atoms with Crippen LogP contribution in [0.25, 0.3) is 0 Å². The summed E-state index contributed by atoms with van der Waals surface area (Å²) in [5, 5.41) is 12.1. The standard InChI is InChI=1S/C16H18BrN3O3/c1-11(23-15(22)12-7-13(17)9-19-8-12)14(21)20-16(10-18)5-3-2-4-6-16/h7-9,11H,2-6H2,1H3,(H,20,21)/t11-/m0/s1. The molecule has 1 saturated carbocycles. The second kappa shape index (κ2) is 7.55. The maximum absolute atomic E-state index is 12.2. The molecule has 0 aliphatic heterocycles. The zero-order chi connectivity index (χ0) is 16.9. The van der Waals surface area contributed by atoms with E-state index in [0.717, 1.165) is 19.3 Å². The fraction of sp³-hybridized carbons (Fsp3) is 0.500. The molecular formula is C16H18BrN3O3. The highest BCUT2D eigenvalue weighted by atomic mass is 79.9. The van der Waals surface area contributed by atoms with Gasteiger partial charge in [-0.25, -0.2) is 4.79 Å². The normalized spacial score (nSPS) is 17.6. The SMILES string of the molecule is C[C@H](OC(=O)c1cncc(Br)c1)C(=O)NC1(C#N)CCCCC1. The number of rotatable bonds is 4. The lowest BCUT2D eigenvalue weighted by Gasteiger charge is -2.32. The van der Waals surface area contributed by atoms with E-state index in [9.17, 15) is 14.9 Å². The second-order valence-corrected chi connectivity index (χ2v) is 6.60. The van der Waals surface area contributed by atoms with Crippen molar-refractivity contribution in [3.05, 3.63) is 28.5 Å². The predicted octanol–water partition coefficient (Wildman–Crippen LogP) is 2.73. The Morgan fingerprint density at radius 1 is 1.39 bits per heavy atom. The molecule has 6 nitrogen and oxygen atoms in total. The summed E-state index contributed by atoms with van der Waals surface area (Å²) < 4.78 is 5.81. The number of esters is 1. The number of hydrogen-bond acceptors (Lipinski definition) is 5. The van der Waals surface area contributed by atoms with Gasteiger partial charge in [0.2, 0.25) is 0 Å². The van der Waals surface area contributed by atoms with Crippen molar-refractivity contribution in [1.82, 2.24) is 10.3 Å². The highest BCUT2D eigenvalue weighted by Gasteiger charge is 2.35. The molecule has 23 heavy (non-hydrogen) atoms. The van der Waals surface area contributed by atoms with E-state index in [2.05, 4.69) is 32.3 Å². The van der Waals surface area contributed by atoms with Crippen molar-refractivity contribution < 1.29 is 14.3 Å². The van der Waals surface area contributed by atoms with Crippen LogP contribution >= 0.6 is 15.9 Å². The molecule has 122 valence electrons. The first-order valence-corrected chi connectivity index (χ1v) is 8.30. The van der Waals surface area contributed by atoms with Gasteiger partial charge in [0.15, 0.2) is 6.10 Å². The Balaban J connectivity index is 1.97. The van der Waals surface area contributed by atoms with Gasteiger partial charge < -0.3 is 10.1 Å². The van der Waals surface area contributed by atoms with Gasteiger partial charge in [-0.1, -0.05) is 19.3 Å². The topological polar surface area (TPSA) is 92.1 Å². The minimum Gasteiger partial charge on any atom is -0.449 e. The minimum atomic E-state index is -0.978. The first-order valence-electron chi connectivity index (χ1n) is 7.50. The Morgan fingerprint density at radius 2 is 2.09 bits per heavy atom. The van der Waals surface area contributed by atoms with E-state index in [1.807, 2.05) is 0 Å². The maximum atomic E-state index is 12.2. The molecule has 1 amide bonds. The Morgan fingerprint density at radius 3 is 2.70 bits per heavy atom. The lowest BCUT2D eigenvalue weighted by Crippen LogP contribution is -2.52. The molecule has 1 fully saturated rings. The van der Waals surface area contributed by atoms with E-state index >= 15 is 0 Å². The molecule has 1 N–H and O–H groups in total. The summed E-state index contributed by atoms with van der Waals surface area (Å²) in [4.78, 5) is 28.2. The van der Waals surface area contributed by atoms with E-state index < -0.39 is 23.5 Å². The molecule has 1 aliphatic rings. The molecule has 1 atom stereocenters. The number of ether oxygens (including phenoxy) is 1. The largest absolute Gasteiger partial charge is 0.449 e. The minimum absolute atomic E-state index is 0.256. The van der Waals surface area contributed by atoms with Gasteiger partial charge in [-0.3, -0.25) is 9.78 Å². The predicted molar refractivity (Wildman–Crippen MR) is 86.4 cm³/mol. The highest BCUT2D eigenvalue weighted by Crippen LogP contribution is 2.27. The van der Waals surface area contributed by atoms with Crippen LogP contribution in [0.4, 0.5) is 0 Å². The van der Waals surface area contributed by atoms with Gasteiger partial charge >= 0.3 is 5.97 Å². The van der Waals surface area contributed by atoms with Crippen molar-refractivity contribution in [3.8, 4) is 6.07 Å². The Labute approximate surface area is 143 Å². The molecule has 0 unspecified atom stereocenters. The molecule has 1 aliphatic carbocycles. The van der Waals surface area contributed by atoms with Crippen molar-refractivity contribution in [2.45, 2.75) is 50.7 Å². The Bertz CT molecular complexity index is 636. The van der Waals surface area contributed by atoms with Gasteiger partial charge in [0.25, 0.3) is 5.91 Å². The van der Waals surface area contributed by atoms with Gasteiger partial charge in [0.1, 0.15) is 5.54 Å². The molecule has 0 radical (unpaired) electrons. The molecule has 0 spiro atoms. The summed E-state index contributed by atoms with van der Waals surface area (Å²) in [5.41, 5.74) is -0.584. The van der Waals surface area contributed by atoms with E-state index in [1.165, 1.54) is 13.1 Å². The molecule has 1 heterocycles. The van der Waals surface area contributed by atoms with Crippen LogP contribution in [0.2, 0.25) is 0 Å². The molecule has 1 aromatic heterocycles. The number of halogens is 1. The zero-order valence-electron chi connectivity index (χ0n) is 12.8. The summed E-state index contributed by atoms with van der Waals surface area (Å²) in [6.07, 6.45) is 6.09. The van der Waals surface area contributed by atoms with Gasteiger partial charge in [-0.15, -0.1) is 0 Å². The van der Waals surface area contributed by atoms with E-state index in [4.69, 9.17) is 4.74 Å². The number of hydrogen-bond donors (Lipinski definition) is 1. The molecule has 0 saturated heterocycles. The summed E-state index contributed by atoms with van der Waals surface area (Å²) in [5.74, 6) is -1.08. The number of amides is 1. The third kappa shape index (κ3) is 4.52. The Hall–Kier alpha value is -1.94. The van der Waals surface area contributed by atoms with E-state index in [-0.39, 0.29) is 5.56 Å². The van der Waals surface area contributed by atoms with Crippen LogP contribution in [0, 0.1) is 11.3 Å². The number of aromatic nitrogens is 1. The van der Waals surface area contributed by atoms with Gasteiger partial charge in [0.05, 0.1) is 11.6 Å². The van der Waals surface area contributed by atoms with Crippen LogP contribution in [0.5, 0.6) is 0 Å². The summed E-state index contributed by atoms with van der Waals surface area (Å²) >= 11 is 3.22. The fourth-order valence-corrected chi connectivity index (χ4v) is 2.93. The number of pyridine rings is 1. The average molecular weight is 380 g/mol. The van der Waals surface area contributed by atoms with Crippen LogP contribution in [0.15, 0.2) is 22.9 Å². The van der Waals surface area contributed by atoms with Crippen molar-refractivity contribution in [2.75, 3.05) is 0 Å². The van der Waals surface area contributed by atoms with Crippen LogP contribution in [0.1, 0.15) is 49.4 Å². The molecule has 7 heteroatoms. The number of nitriles is 1. The third-order valence-electron chi connectivity index (χ3n) is 3.88. The number of carbonyl (C=O) groups excluding carboxylic acids is 2. The maximum Gasteiger partial charge on any atom is 0.340 e. The lowest BCUT2D eigenvalue weighted by atomic mass is 9.83. The summed E-state index contributed by atoms with van der Waals surface area (Å²) in [7, 11) is 0. The molecular weight excluding hydrogens is 362 g/mol. The van der Waals surface area contributed by atoms with Crippen LogP contribution in [0.3, 0.4) is 0 Å². The number of carbonyl (C=O) groups is 2. The van der Waals surface area contributed by atoms with Gasteiger partial charge in [0, 0.05) is 16.9 Å². The fourth-order valence-electron chi connectivity index (χ4n) is 2.56. The smallest absolute Gasteiger partial charge is 0.340 e. The number of nitrogens with one attached hydrogen (secondary N) is 1. The van der Waals surface area contributed by atoms with Crippen molar-refractivity contribution in [3.63, 3.8) is 0 Å². The van der Waals surface area contributed by atoms with E-state index in [1.54, 1.807) is 12.3 Å². The zero-order valence-corrected chi connectivity index (χ0v) is 14.4. The van der Waals surface area contributed by atoms with E-state index in [0.29, 0.717) is 17.3 Å². The van der Waals surface area contributed by atoms with Crippen LogP contribution in [-0.2, 0) is 9.53 Å². The summed E-state index contributed by atoms with van der Waals surface area (Å²) in [6.45, 7) is 1.49. The highest BCUT2D eigenvalue weighted by molar-refractivity contribution is 9.10. The second-order valence-electron chi connectivity index (χ2n) is 5.68. The lowest BCUT2D eigenvalue weighted by molar-refractivity contribution is -0.130. The van der Waals surface area contributed by atoms with Crippen LogP contribution in [-0.4, -0.2) is 28.5 Å². The average Bonchev–Trinajstić information content (AvgIpc) is 2.55.